The minimum Gasteiger partial charge on any atom is -0.372 e. The third kappa shape index (κ3) is 6.09. The van der Waals surface area contributed by atoms with Crippen molar-refractivity contribution in [1.29, 1.82) is 0 Å². The van der Waals surface area contributed by atoms with Crippen molar-refractivity contribution in [3.8, 4) is 0 Å². The first-order valence-electron chi connectivity index (χ1n) is 9.97. The Balaban J connectivity index is 0.00000280. The Morgan fingerprint density at radius 3 is 2.71 bits per heavy atom. The second-order valence-electron chi connectivity index (χ2n) is 7.12. The largest absolute Gasteiger partial charge is 0.372 e. The average Bonchev–Trinajstić information content (AvgIpc) is 3.22. The van der Waals surface area contributed by atoms with Gasteiger partial charge < -0.3 is 15.5 Å². The van der Waals surface area contributed by atoms with Crippen LogP contribution in [0.5, 0.6) is 0 Å². The van der Waals surface area contributed by atoms with Crippen LogP contribution in [0.4, 0.5) is 5.69 Å². The third-order valence-corrected chi connectivity index (χ3v) is 5.04. The van der Waals surface area contributed by atoms with Crippen LogP contribution in [0.2, 0.25) is 0 Å². The van der Waals surface area contributed by atoms with Crippen molar-refractivity contribution in [2.75, 3.05) is 24.5 Å². The van der Waals surface area contributed by atoms with Gasteiger partial charge in [0.25, 0.3) is 0 Å². The van der Waals surface area contributed by atoms with E-state index < -0.39 is 0 Å². The molecular weight excluding hydrogens is 461 g/mol. The van der Waals surface area contributed by atoms with Gasteiger partial charge in [0.1, 0.15) is 0 Å². The number of benzene rings is 1. The summed E-state index contributed by atoms with van der Waals surface area (Å²) in [5, 5.41) is 6.88. The van der Waals surface area contributed by atoms with E-state index in [0.29, 0.717) is 6.54 Å². The second kappa shape index (κ2) is 11.2. The summed E-state index contributed by atoms with van der Waals surface area (Å²) in [4.78, 5) is 11.6. The van der Waals surface area contributed by atoms with Crippen molar-refractivity contribution in [1.82, 2.24) is 15.6 Å². The zero-order chi connectivity index (χ0) is 19.1. The topological polar surface area (TPSA) is 52.6 Å². The van der Waals surface area contributed by atoms with Gasteiger partial charge in [0.05, 0.1) is 18.3 Å². The molecule has 6 heteroatoms. The highest BCUT2D eigenvalue weighted by Crippen LogP contribution is 2.24. The summed E-state index contributed by atoms with van der Waals surface area (Å²) in [6.07, 6.45) is 4.41. The van der Waals surface area contributed by atoms with E-state index in [1.165, 1.54) is 42.7 Å². The van der Waals surface area contributed by atoms with Crippen molar-refractivity contribution in [3.05, 3.63) is 59.4 Å². The maximum absolute atomic E-state index is 4.73. The molecule has 1 aromatic carbocycles. The summed E-state index contributed by atoms with van der Waals surface area (Å²) < 4.78 is 0. The Morgan fingerprint density at radius 1 is 1.21 bits per heavy atom. The third-order valence-electron chi connectivity index (χ3n) is 5.04. The predicted molar refractivity (Wildman–Crippen MR) is 129 cm³/mol. The van der Waals surface area contributed by atoms with Crippen molar-refractivity contribution in [2.24, 2.45) is 4.99 Å². The van der Waals surface area contributed by atoms with Crippen LogP contribution in [0.1, 0.15) is 49.6 Å². The van der Waals surface area contributed by atoms with E-state index in [1.54, 1.807) is 0 Å². The second-order valence-corrected chi connectivity index (χ2v) is 7.12. The zero-order valence-electron chi connectivity index (χ0n) is 17.1. The molecule has 0 spiro atoms. The smallest absolute Gasteiger partial charge is 0.192 e. The molecule has 2 aromatic rings. The average molecular weight is 493 g/mol. The maximum Gasteiger partial charge on any atom is 0.192 e. The van der Waals surface area contributed by atoms with Crippen LogP contribution in [0, 0.1) is 6.92 Å². The first kappa shape index (κ1) is 22.5. The Hall–Kier alpha value is -1.83. The monoisotopic (exact) mass is 493 g/mol. The van der Waals surface area contributed by atoms with Gasteiger partial charge in [0, 0.05) is 31.5 Å². The quantitative estimate of drug-likeness (QED) is 0.356. The van der Waals surface area contributed by atoms with E-state index in [1.807, 2.05) is 12.3 Å². The Labute approximate surface area is 186 Å². The molecule has 2 heterocycles. The van der Waals surface area contributed by atoms with Crippen LogP contribution >= 0.6 is 24.0 Å². The zero-order valence-corrected chi connectivity index (χ0v) is 19.4. The van der Waals surface area contributed by atoms with Crippen molar-refractivity contribution in [3.63, 3.8) is 0 Å². The van der Waals surface area contributed by atoms with Gasteiger partial charge in [0.2, 0.25) is 0 Å². The SMILES string of the molecule is CCNC(=NCc1ncccc1C)NC(C)c1cccc(N2CCCC2)c1.I. The lowest BCUT2D eigenvalue weighted by Crippen LogP contribution is -2.38. The number of nitrogens with one attached hydrogen (secondary N) is 2. The van der Waals surface area contributed by atoms with Gasteiger partial charge in [0.15, 0.2) is 5.96 Å². The van der Waals surface area contributed by atoms with Gasteiger partial charge in [-0.2, -0.15) is 0 Å². The molecule has 0 aliphatic carbocycles. The fraction of sp³-hybridized carbons (Fsp3) is 0.455. The fourth-order valence-electron chi connectivity index (χ4n) is 3.41. The number of nitrogens with zero attached hydrogens (tertiary/aromatic N) is 3. The molecule has 1 fully saturated rings. The van der Waals surface area contributed by atoms with Crippen LogP contribution in [-0.4, -0.2) is 30.6 Å². The number of hydrogen-bond acceptors (Lipinski definition) is 3. The molecule has 0 amide bonds. The molecule has 28 heavy (non-hydrogen) atoms. The van der Waals surface area contributed by atoms with Crippen molar-refractivity contribution in [2.45, 2.75) is 46.2 Å². The molecule has 2 N–H and O–H groups in total. The van der Waals surface area contributed by atoms with Crippen LogP contribution in [0.25, 0.3) is 0 Å². The molecule has 1 unspecified atom stereocenters. The first-order chi connectivity index (χ1) is 13.2. The Kier molecular flexibility index (Phi) is 9.02. The van der Waals surface area contributed by atoms with E-state index in [2.05, 4.69) is 71.6 Å². The molecule has 1 aliphatic rings. The molecule has 1 aromatic heterocycles. The van der Waals surface area contributed by atoms with E-state index in [0.717, 1.165) is 18.2 Å². The molecule has 3 rings (SSSR count). The van der Waals surface area contributed by atoms with Crippen LogP contribution in [-0.2, 0) is 6.54 Å². The normalized spacial score (nSPS) is 15.1. The number of anilines is 1. The maximum atomic E-state index is 4.73. The number of hydrogen-bond donors (Lipinski definition) is 2. The van der Waals surface area contributed by atoms with E-state index in [4.69, 9.17) is 4.99 Å². The molecule has 1 aliphatic heterocycles. The number of guanidine groups is 1. The van der Waals surface area contributed by atoms with Gasteiger partial charge in [-0.3, -0.25) is 4.98 Å². The number of aromatic nitrogens is 1. The van der Waals surface area contributed by atoms with E-state index in [-0.39, 0.29) is 30.0 Å². The number of pyridine rings is 1. The van der Waals surface area contributed by atoms with Crippen molar-refractivity contribution < 1.29 is 0 Å². The highest BCUT2D eigenvalue weighted by molar-refractivity contribution is 14.0. The molecule has 1 atom stereocenters. The molecule has 5 nitrogen and oxygen atoms in total. The molecule has 1 saturated heterocycles. The van der Waals surface area contributed by atoms with Crippen LogP contribution < -0.4 is 15.5 Å². The van der Waals surface area contributed by atoms with Gasteiger partial charge in [-0.25, -0.2) is 4.99 Å². The molecule has 0 radical (unpaired) electrons. The highest BCUT2D eigenvalue weighted by Gasteiger charge is 2.14. The summed E-state index contributed by atoms with van der Waals surface area (Å²) in [7, 11) is 0. The van der Waals surface area contributed by atoms with Crippen LogP contribution in [0.15, 0.2) is 47.6 Å². The minimum atomic E-state index is 0. The van der Waals surface area contributed by atoms with E-state index in [9.17, 15) is 0 Å². The molecule has 0 bridgehead atoms. The fourth-order valence-corrected chi connectivity index (χ4v) is 3.41. The van der Waals surface area contributed by atoms with Gasteiger partial charge in [-0.15, -0.1) is 24.0 Å². The molecular formula is C22H32IN5. The lowest BCUT2D eigenvalue weighted by Gasteiger charge is -2.22. The number of halogens is 1. The van der Waals surface area contributed by atoms with Gasteiger partial charge in [-0.1, -0.05) is 18.2 Å². The summed E-state index contributed by atoms with van der Waals surface area (Å²) in [5.74, 6) is 0.821. The number of aliphatic imine (C=N–C) groups is 1. The van der Waals surface area contributed by atoms with Gasteiger partial charge >= 0.3 is 0 Å². The summed E-state index contributed by atoms with van der Waals surface area (Å²) in [6.45, 7) is 10.1. The van der Waals surface area contributed by atoms with Crippen LogP contribution in [0.3, 0.4) is 0 Å². The predicted octanol–water partition coefficient (Wildman–Crippen LogP) is 4.42. The Bertz CT molecular complexity index is 771. The molecule has 152 valence electrons. The standard InChI is InChI=1S/C22H31N5.HI/c1-4-23-22(25-16-21-17(2)9-8-12-24-21)26-18(3)19-10-7-11-20(15-19)27-13-5-6-14-27;/h7-12,15,18H,4-6,13-14,16H2,1-3H3,(H2,23,25,26);1H. The minimum absolute atomic E-state index is 0. The lowest BCUT2D eigenvalue weighted by molar-refractivity contribution is 0.685. The van der Waals surface area contributed by atoms with E-state index >= 15 is 0 Å². The number of aryl methyl sites for hydroxylation is 1. The first-order valence-corrected chi connectivity index (χ1v) is 9.97. The van der Waals surface area contributed by atoms with Gasteiger partial charge in [-0.05, 0) is 62.9 Å². The lowest BCUT2D eigenvalue weighted by atomic mass is 10.1. The summed E-state index contributed by atoms with van der Waals surface area (Å²) >= 11 is 0. The number of rotatable bonds is 6. The summed E-state index contributed by atoms with van der Waals surface area (Å²) in [6, 6.07) is 13.1. The highest BCUT2D eigenvalue weighted by atomic mass is 127. The summed E-state index contributed by atoms with van der Waals surface area (Å²) in [5.41, 5.74) is 4.78. The molecule has 0 saturated carbocycles. The Morgan fingerprint density at radius 2 is 2.00 bits per heavy atom. The van der Waals surface area contributed by atoms with Crippen molar-refractivity contribution >= 4 is 35.6 Å².